The monoisotopic (exact) mass is 364 g/mol. The van der Waals surface area contributed by atoms with Gasteiger partial charge in [-0.1, -0.05) is 30.0 Å². The van der Waals surface area contributed by atoms with Gasteiger partial charge in [0, 0.05) is 11.4 Å². The lowest BCUT2D eigenvalue weighted by molar-refractivity contribution is 0.629. The Bertz CT molecular complexity index is 785. The zero-order valence-corrected chi connectivity index (χ0v) is 14.0. The number of benzene rings is 2. The van der Waals surface area contributed by atoms with Gasteiger partial charge in [-0.15, -0.1) is 17.0 Å². The van der Waals surface area contributed by atoms with Gasteiger partial charge < -0.3 is 4.90 Å². The van der Waals surface area contributed by atoms with Gasteiger partial charge in [-0.05, 0) is 41.5 Å². The van der Waals surface area contributed by atoms with Crippen LogP contribution in [0.5, 0.6) is 0 Å². The minimum Gasteiger partial charge on any atom is -0.318 e. The highest BCUT2D eigenvalue weighted by Crippen LogP contribution is 2.41. The Kier molecular flexibility index (Phi) is 3.80. The van der Waals surface area contributed by atoms with Gasteiger partial charge in [0.05, 0.1) is 12.2 Å². The third-order valence-corrected chi connectivity index (χ3v) is 4.76. The number of aliphatic imine (C=N–C) groups is 1. The Morgan fingerprint density at radius 3 is 2.76 bits per heavy atom. The Morgan fingerprint density at radius 1 is 1.14 bits per heavy atom. The van der Waals surface area contributed by atoms with Gasteiger partial charge in [-0.2, -0.15) is 0 Å². The molecule has 0 saturated heterocycles. The van der Waals surface area contributed by atoms with E-state index in [0.717, 1.165) is 29.0 Å². The van der Waals surface area contributed by atoms with Crippen LogP contribution in [-0.4, -0.2) is 23.2 Å². The van der Waals surface area contributed by atoms with Crippen molar-refractivity contribution in [2.24, 2.45) is 4.99 Å². The van der Waals surface area contributed by atoms with Crippen LogP contribution in [0.15, 0.2) is 46.3 Å². The molecule has 2 aliphatic heterocycles. The van der Waals surface area contributed by atoms with Crippen molar-refractivity contribution in [1.29, 1.82) is 0 Å². The van der Waals surface area contributed by atoms with Crippen molar-refractivity contribution < 1.29 is 4.39 Å². The maximum absolute atomic E-state index is 13.2. The van der Waals surface area contributed by atoms with Crippen molar-refractivity contribution in [3.05, 3.63) is 52.7 Å². The van der Waals surface area contributed by atoms with Gasteiger partial charge >= 0.3 is 0 Å². The molecule has 0 atom stereocenters. The summed E-state index contributed by atoms with van der Waals surface area (Å²) in [5, 5.41) is 3.11. The zero-order chi connectivity index (χ0) is 13.7. The lowest BCUT2D eigenvalue weighted by Gasteiger charge is -2.17. The van der Waals surface area contributed by atoms with Crippen molar-refractivity contribution in [3.63, 3.8) is 0 Å². The lowest BCUT2D eigenvalue weighted by atomic mass is 10.0. The molecule has 2 aliphatic rings. The highest BCUT2D eigenvalue weighted by Gasteiger charge is 2.30. The number of thioether (sulfide) groups is 1. The average molecular weight is 365 g/mol. The second-order valence-corrected chi connectivity index (χ2v) is 6.21. The Morgan fingerprint density at radius 2 is 1.90 bits per heavy atom. The van der Waals surface area contributed by atoms with E-state index in [2.05, 4.69) is 28.9 Å². The summed E-state index contributed by atoms with van der Waals surface area (Å²) in [7, 11) is 0. The first-order valence-electron chi connectivity index (χ1n) is 6.63. The molecule has 2 aromatic carbocycles. The van der Waals surface area contributed by atoms with Crippen molar-refractivity contribution in [2.45, 2.75) is 6.92 Å². The summed E-state index contributed by atoms with van der Waals surface area (Å²) in [4.78, 5) is 8.08. The molecule has 2 aromatic rings. The van der Waals surface area contributed by atoms with Crippen molar-refractivity contribution in [1.82, 2.24) is 4.90 Å². The molecule has 2 nitrogen and oxygen atoms in total. The van der Waals surface area contributed by atoms with E-state index in [1.807, 2.05) is 12.1 Å². The van der Waals surface area contributed by atoms with E-state index in [4.69, 9.17) is 0 Å². The van der Waals surface area contributed by atoms with E-state index < -0.39 is 0 Å². The fourth-order valence-corrected chi connectivity index (χ4v) is 3.87. The Labute approximate surface area is 137 Å². The molecule has 108 valence electrons. The molecule has 0 bridgehead atoms. The van der Waals surface area contributed by atoms with Crippen LogP contribution in [0, 0.1) is 5.82 Å². The fraction of sp³-hybridized carbons (Fsp3) is 0.188. The Hall–Kier alpha value is -1.33. The molecule has 0 aliphatic carbocycles. The number of rotatable bonds is 1. The van der Waals surface area contributed by atoms with E-state index >= 15 is 0 Å². The van der Waals surface area contributed by atoms with E-state index in [9.17, 15) is 4.39 Å². The van der Waals surface area contributed by atoms with Crippen LogP contribution in [-0.2, 0) is 0 Å². The molecule has 0 amide bonds. The first kappa shape index (κ1) is 14.6. The maximum Gasteiger partial charge on any atom is 0.168 e. The number of hydrogen-bond donors (Lipinski definition) is 0. The van der Waals surface area contributed by atoms with Gasteiger partial charge in [0.25, 0.3) is 0 Å². The summed E-state index contributed by atoms with van der Waals surface area (Å²) in [6, 6.07) is 11.1. The summed E-state index contributed by atoms with van der Waals surface area (Å²) >= 11 is 1.74. The molecule has 2 heterocycles. The molecule has 0 saturated carbocycles. The Balaban J connectivity index is 0.00000132. The van der Waals surface area contributed by atoms with Crippen molar-refractivity contribution in [3.8, 4) is 0 Å². The van der Waals surface area contributed by atoms with Gasteiger partial charge in [-0.3, -0.25) is 4.99 Å². The summed E-state index contributed by atoms with van der Waals surface area (Å²) in [6.45, 7) is 3.96. The molecule has 5 heteroatoms. The number of fused-ring (bicyclic) bond motifs is 2. The summed E-state index contributed by atoms with van der Waals surface area (Å²) in [5.41, 5.74) is 2.43. The standard InChI is InChI=1S/C16H13FN2S.BrH/c1-10-15(19-7-6-18-16(19)20-10)13-3-2-12-9-14(17)5-4-11(12)8-13;/h2-5,8-9H,6-7H2,1H3;1H. The average Bonchev–Trinajstić information content (AvgIpc) is 2.98. The number of nitrogens with zero attached hydrogens (tertiary/aromatic N) is 2. The third-order valence-electron chi connectivity index (χ3n) is 3.73. The zero-order valence-electron chi connectivity index (χ0n) is 11.5. The van der Waals surface area contributed by atoms with Gasteiger partial charge in [0.1, 0.15) is 5.82 Å². The summed E-state index contributed by atoms with van der Waals surface area (Å²) in [6.07, 6.45) is 0. The molecule has 0 radical (unpaired) electrons. The predicted molar refractivity (Wildman–Crippen MR) is 93.4 cm³/mol. The second-order valence-electron chi connectivity index (χ2n) is 5.03. The third kappa shape index (κ3) is 2.38. The minimum atomic E-state index is -0.189. The largest absolute Gasteiger partial charge is 0.318 e. The molecule has 0 spiro atoms. The van der Waals surface area contributed by atoms with Crippen molar-refractivity contribution in [2.75, 3.05) is 13.1 Å². The SMILES string of the molecule is Br.CC1=C(c2ccc3cc(F)ccc3c2)N2CCN=C2S1. The highest BCUT2D eigenvalue weighted by atomic mass is 79.9. The number of amidine groups is 1. The van der Waals surface area contributed by atoms with E-state index in [1.54, 1.807) is 17.8 Å². The topological polar surface area (TPSA) is 15.6 Å². The molecular formula is C16H14BrFN2S. The van der Waals surface area contributed by atoms with Gasteiger partial charge in [0.15, 0.2) is 5.17 Å². The van der Waals surface area contributed by atoms with Gasteiger partial charge in [-0.25, -0.2) is 4.39 Å². The van der Waals surface area contributed by atoms with Crippen LogP contribution in [0.3, 0.4) is 0 Å². The summed E-state index contributed by atoms with van der Waals surface area (Å²) < 4.78 is 13.2. The number of hydrogen-bond acceptors (Lipinski definition) is 3. The molecular weight excluding hydrogens is 351 g/mol. The normalized spacial score (nSPS) is 17.0. The lowest BCUT2D eigenvalue weighted by Crippen LogP contribution is -2.19. The molecule has 0 unspecified atom stereocenters. The van der Waals surface area contributed by atoms with Crippen LogP contribution >= 0.6 is 28.7 Å². The van der Waals surface area contributed by atoms with Crippen LogP contribution in [0.1, 0.15) is 12.5 Å². The first-order chi connectivity index (χ1) is 9.72. The smallest absolute Gasteiger partial charge is 0.168 e. The first-order valence-corrected chi connectivity index (χ1v) is 7.44. The van der Waals surface area contributed by atoms with E-state index in [-0.39, 0.29) is 22.8 Å². The van der Waals surface area contributed by atoms with Crippen molar-refractivity contribution >= 4 is 50.4 Å². The van der Waals surface area contributed by atoms with Crippen LogP contribution in [0.25, 0.3) is 16.5 Å². The molecule has 0 aromatic heterocycles. The van der Waals surface area contributed by atoms with Gasteiger partial charge in [0.2, 0.25) is 0 Å². The number of halogens is 2. The quantitative estimate of drug-likeness (QED) is 0.730. The molecule has 4 rings (SSSR count). The van der Waals surface area contributed by atoms with Crippen LogP contribution < -0.4 is 0 Å². The van der Waals surface area contributed by atoms with Crippen LogP contribution in [0.4, 0.5) is 4.39 Å². The predicted octanol–water partition coefficient (Wildman–Crippen LogP) is 4.66. The van der Waals surface area contributed by atoms with Crippen LogP contribution in [0.2, 0.25) is 0 Å². The minimum absolute atomic E-state index is 0. The molecule has 0 fully saturated rings. The summed E-state index contributed by atoms with van der Waals surface area (Å²) in [5.74, 6) is -0.189. The fourth-order valence-electron chi connectivity index (χ4n) is 2.82. The molecule has 21 heavy (non-hydrogen) atoms. The van der Waals surface area contributed by atoms with E-state index in [0.29, 0.717) is 0 Å². The second kappa shape index (κ2) is 5.46. The maximum atomic E-state index is 13.2. The molecule has 0 N–H and O–H groups in total. The number of allylic oxidation sites excluding steroid dienone is 1. The van der Waals surface area contributed by atoms with E-state index in [1.165, 1.54) is 22.2 Å². The highest BCUT2D eigenvalue weighted by molar-refractivity contribution is 8.93.